The molecule has 2 unspecified atom stereocenters. The molecule has 8 heteroatoms. The number of halogens is 3. The molecule has 0 spiro atoms. The standard InChI is InChI=1S/C13H14F3NO4/c1-7(18)11(12(20)21)17-10(19)6-8-3-2-4-9(5-8)13(14,15)16/h2-5,7,11,18H,6H2,1H3,(H,17,19)(H,20,21). The summed E-state index contributed by atoms with van der Waals surface area (Å²) in [5.41, 5.74) is -0.796. The molecule has 0 saturated carbocycles. The zero-order valence-electron chi connectivity index (χ0n) is 11.0. The van der Waals surface area contributed by atoms with Gasteiger partial charge in [0.25, 0.3) is 0 Å². The predicted octanol–water partition coefficient (Wildman–Crippen LogP) is 1.20. The number of carboxylic acid groups (broad SMARTS) is 1. The van der Waals surface area contributed by atoms with E-state index in [1.54, 1.807) is 0 Å². The van der Waals surface area contributed by atoms with E-state index >= 15 is 0 Å². The van der Waals surface area contributed by atoms with Crippen LogP contribution >= 0.6 is 0 Å². The molecule has 116 valence electrons. The number of amides is 1. The van der Waals surface area contributed by atoms with E-state index in [9.17, 15) is 27.9 Å². The molecule has 0 aliphatic carbocycles. The molecule has 1 aromatic carbocycles. The molecular formula is C13H14F3NO4. The van der Waals surface area contributed by atoms with E-state index in [2.05, 4.69) is 5.32 Å². The maximum Gasteiger partial charge on any atom is 0.416 e. The first kappa shape index (κ1) is 17.0. The summed E-state index contributed by atoms with van der Waals surface area (Å²) < 4.78 is 37.5. The Hall–Kier alpha value is -2.09. The quantitative estimate of drug-likeness (QED) is 0.763. The fraction of sp³-hybridized carbons (Fsp3) is 0.385. The highest BCUT2D eigenvalue weighted by molar-refractivity contribution is 5.85. The van der Waals surface area contributed by atoms with E-state index < -0.39 is 42.2 Å². The maximum atomic E-state index is 12.5. The smallest absolute Gasteiger partial charge is 0.416 e. The lowest BCUT2D eigenvalue weighted by atomic mass is 10.1. The van der Waals surface area contributed by atoms with Gasteiger partial charge in [-0.25, -0.2) is 4.79 Å². The number of hydrogen-bond donors (Lipinski definition) is 3. The third-order valence-corrected chi connectivity index (χ3v) is 2.68. The third-order valence-electron chi connectivity index (χ3n) is 2.68. The highest BCUT2D eigenvalue weighted by Gasteiger charge is 2.30. The lowest BCUT2D eigenvalue weighted by molar-refractivity contribution is -0.144. The number of carbonyl (C=O) groups is 2. The largest absolute Gasteiger partial charge is 0.480 e. The van der Waals surface area contributed by atoms with Gasteiger partial charge in [-0.05, 0) is 18.6 Å². The van der Waals surface area contributed by atoms with Gasteiger partial charge in [0.05, 0.1) is 18.1 Å². The number of nitrogens with one attached hydrogen (secondary N) is 1. The topological polar surface area (TPSA) is 86.6 Å². The van der Waals surface area contributed by atoms with E-state index in [4.69, 9.17) is 5.11 Å². The molecule has 2 atom stereocenters. The second kappa shape index (κ2) is 6.57. The van der Waals surface area contributed by atoms with E-state index in [0.29, 0.717) is 0 Å². The van der Waals surface area contributed by atoms with Crippen LogP contribution in [0.3, 0.4) is 0 Å². The first-order valence-electron chi connectivity index (χ1n) is 5.97. The second-order valence-electron chi connectivity index (χ2n) is 4.50. The Bertz CT molecular complexity index is 528. The zero-order valence-corrected chi connectivity index (χ0v) is 11.0. The van der Waals surface area contributed by atoms with E-state index in [0.717, 1.165) is 18.2 Å². The Morgan fingerprint density at radius 2 is 1.95 bits per heavy atom. The van der Waals surface area contributed by atoms with Crippen molar-refractivity contribution in [3.05, 3.63) is 35.4 Å². The minimum atomic E-state index is -4.52. The Morgan fingerprint density at radius 1 is 1.33 bits per heavy atom. The Labute approximate surface area is 118 Å². The molecule has 0 fully saturated rings. The molecule has 0 radical (unpaired) electrons. The third kappa shape index (κ3) is 5.07. The fourth-order valence-corrected chi connectivity index (χ4v) is 1.66. The van der Waals surface area contributed by atoms with Gasteiger partial charge in [0.2, 0.25) is 5.91 Å². The van der Waals surface area contributed by atoms with Crippen molar-refractivity contribution in [2.75, 3.05) is 0 Å². The van der Waals surface area contributed by atoms with Crippen molar-refractivity contribution in [3.63, 3.8) is 0 Å². The summed E-state index contributed by atoms with van der Waals surface area (Å²) in [7, 11) is 0. The first-order chi connectivity index (χ1) is 9.61. The minimum absolute atomic E-state index is 0.0945. The fourth-order valence-electron chi connectivity index (χ4n) is 1.66. The normalized spacial score (nSPS) is 14.3. The molecule has 0 aliphatic heterocycles. The lowest BCUT2D eigenvalue weighted by Crippen LogP contribution is -2.48. The van der Waals surface area contributed by atoms with Crippen molar-refractivity contribution in [2.45, 2.75) is 31.7 Å². The number of aliphatic carboxylic acids is 1. The molecule has 0 saturated heterocycles. The van der Waals surface area contributed by atoms with Gasteiger partial charge in [-0.1, -0.05) is 18.2 Å². The summed E-state index contributed by atoms with van der Waals surface area (Å²) in [6.45, 7) is 1.18. The van der Waals surface area contributed by atoms with Crippen molar-refractivity contribution >= 4 is 11.9 Å². The Kier molecular flexibility index (Phi) is 5.31. The highest BCUT2D eigenvalue weighted by atomic mass is 19.4. The molecule has 21 heavy (non-hydrogen) atoms. The van der Waals surface area contributed by atoms with Crippen LogP contribution in [0.5, 0.6) is 0 Å². The average molecular weight is 305 g/mol. The summed E-state index contributed by atoms with van der Waals surface area (Å²) in [6, 6.07) is 2.67. The molecule has 0 aliphatic rings. The molecule has 5 nitrogen and oxygen atoms in total. The van der Waals surface area contributed by atoms with Crippen LogP contribution in [-0.4, -0.2) is 34.2 Å². The number of aliphatic hydroxyl groups is 1. The van der Waals surface area contributed by atoms with Crippen molar-refractivity contribution in [1.82, 2.24) is 5.32 Å². The van der Waals surface area contributed by atoms with Gasteiger partial charge in [-0.2, -0.15) is 13.2 Å². The van der Waals surface area contributed by atoms with Gasteiger partial charge < -0.3 is 15.5 Å². The molecule has 1 rings (SSSR count). The molecule has 3 N–H and O–H groups in total. The molecule has 0 bridgehead atoms. The van der Waals surface area contributed by atoms with E-state index in [-0.39, 0.29) is 5.56 Å². The predicted molar refractivity (Wildman–Crippen MR) is 66.4 cm³/mol. The highest BCUT2D eigenvalue weighted by Crippen LogP contribution is 2.29. The molecule has 0 aromatic heterocycles. The monoisotopic (exact) mass is 305 g/mol. The number of benzene rings is 1. The number of carbonyl (C=O) groups excluding carboxylic acids is 1. The van der Waals surface area contributed by atoms with Crippen LogP contribution in [0.15, 0.2) is 24.3 Å². The molecular weight excluding hydrogens is 291 g/mol. The summed E-state index contributed by atoms with van der Waals surface area (Å²) >= 11 is 0. The lowest BCUT2D eigenvalue weighted by Gasteiger charge is -2.17. The second-order valence-corrected chi connectivity index (χ2v) is 4.50. The first-order valence-corrected chi connectivity index (χ1v) is 5.97. The van der Waals surface area contributed by atoms with Crippen LogP contribution in [-0.2, 0) is 22.2 Å². The average Bonchev–Trinajstić information content (AvgIpc) is 2.34. The van der Waals surface area contributed by atoms with Gasteiger partial charge in [-0.15, -0.1) is 0 Å². The van der Waals surface area contributed by atoms with Gasteiger partial charge in [0.15, 0.2) is 6.04 Å². The van der Waals surface area contributed by atoms with Crippen molar-refractivity contribution in [2.24, 2.45) is 0 Å². The summed E-state index contributed by atoms with van der Waals surface area (Å²) in [6.07, 6.45) is -6.26. The number of carboxylic acids is 1. The number of aliphatic hydroxyl groups excluding tert-OH is 1. The van der Waals surface area contributed by atoms with Crippen LogP contribution in [0.2, 0.25) is 0 Å². The summed E-state index contributed by atoms with van der Waals surface area (Å²) in [5.74, 6) is -2.22. The SMILES string of the molecule is CC(O)C(NC(=O)Cc1cccc(C(F)(F)F)c1)C(=O)O. The Morgan fingerprint density at radius 3 is 2.43 bits per heavy atom. The van der Waals surface area contributed by atoms with Gasteiger partial charge >= 0.3 is 12.1 Å². The summed E-state index contributed by atoms with van der Waals surface area (Å²) in [4.78, 5) is 22.4. The zero-order chi connectivity index (χ0) is 16.2. The van der Waals surface area contributed by atoms with Gasteiger partial charge in [-0.3, -0.25) is 4.79 Å². The number of alkyl halides is 3. The number of rotatable bonds is 5. The Balaban J connectivity index is 2.77. The minimum Gasteiger partial charge on any atom is -0.480 e. The number of hydrogen-bond acceptors (Lipinski definition) is 3. The van der Waals surface area contributed by atoms with Crippen LogP contribution in [0.4, 0.5) is 13.2 Å². The van der Waals surface area contributed by atoms with E-state index in [1.807, 2.05) is 0 Å². The van der Waals surface area contributed by atoms with E-state index in [1.165, 1.54) is 13.0 Å². The van der Waals surface area contributed by atoms with Crippen LogP contribution in [0.1, 0.15) is 18.1 Å². The molecule has 1 aromatic rings. The maximum absolute atomic E-state index is 12.5. The molecule has 1 amide bonds. The van der Waals surface area contributed by atoms with Crippen LogP contribution in [0.25, 0.3) is 0 Å². The van der Waals surface area contributed by atoms with Gasteiger partial charge in [0, 0.05) is 0 Å². The van der Waals surface area contributed by atoms with Gasteiger partial charge in [0.1, 0.15) is 0 Å². The van der Waals surface area contributed by atoms with Crippen LogP contribution in [0, 0.1) is 0 Å². The van der Waals surface area contributed by atoms with Crippen LogP contribution < -0.4 is 5.32 Å². The molecule has 0 heterocycles. The van der Waals surface area contributed by atoms with Crippen molar-refractivity contribution in [3.8, 4) is 0 Å². The van der Waals surface area contributed by atoms with Crippen molar-refractivity contribution in [1.29, 1.82) is 0 Å². The summed E-state index contributed by atoms with van der Waals surface area (Å²) in [5, 5.41) is 20.0. The van der Waals surface area contributed by atoms with Crippen molar-refractivity contribution < 1.29 is 33.0 Å².